The topological polar surface area (TPSA) is 57.6 Å². The molecule has 1 saturated heterocycles. The van der Waals surface area contributed by atoms with Crippen molar-refractivity contribution in [1.82, 2.24) is 14.4 Å². The Morgan fingerprint density at radius 3 is 2.41 bits per heavy atom. The van der Waals surface area contributed by atoms with Gasteiger partial charge >= 0.3 is 6.03 Å². The van der Waals surface area contributed by atoms with E-state index < -0.39 is 0 Å². The van der Waals surface area contributed by atoms with Crippen LogP contribution in [0.15, 0.2) is 54.7 Å². The van der Waals surface area contributed by atoms with Crippen LogP contribution >= 0.6 is 0 Å². The molecule has 0 atom stereocenters. The minimum atomic E-state index is -0.116. The Morgan fingerprint density at radius 2 is 1.66 bits per heavy atom. The van der Waals surface area contributed by atoms with Gasteiger partial charge in [-0.05, 0) is 43.2 Å². The zero-order chi connectivity index (χ0) is 20.4. The van der Waals surface area contributed by atoms with Gasteiger partial charge in [-0.1, -0.05) is 30.3 Å². The van der Waals surface area contributed by atoms with Gasteiger partial charge in [0.2, 0.25) is 5.91 Å². The third-order valence-corrected chi connectivity index (χ3v) is 5.48. The van der Waals surface area contributed by atoms with Crippen molar-refractivity contribution in [2.24, 2.45) is 0 Å². The molecule has 0 bridgehead atoms. The van der Waals surface area contributed by atoms with Gasteiger partial charge in [0.15, 0.2) is 0 Å². The Balaban J connectivity index is 1.34. The molecule has 4 rings (SSSR count). The average molecular weight is 390 g/mol. The number of rotatable bonds is 3. The van der Waals surface area contributed by atoms with Crippen LogP contribution in [0, 0.1) is 13.8 Å². The minimum absolute atomic E-state index is 0.0875. The van der Waals surface area contributed by atoms with Crippen LogP contribution in [0.2, 0.25) is 0 Å². The van der Waals surface area contributed by atoms with Crippen LogP contribution in [0.25, 0.3) is 10.9 Å². The van der Waals surface area contributed by atoms with Gasteiger partial charge in [-0.3, -0.25) is 4.79 Å². The van der Waals surface area contributed by atoms with E-state index in [2.05, 4.69) is 18.3 Å². The molecule has 6 nitrogen and oxygen atoms in total. The van der Waals surface area contributed by atoms with Gasteiger partial charge in [-0.25, -0.2) is 4.79 Å². The van der Waals surface area contributed by atoms with Crippen molar-refractivity contribution in [1.29, 1.82) is 0 Å². The van der Waals surface area contributed by atoms with E-state index in [1.54, 1.807) is 4.90 Å². The molecular weight excluding hydrogens is 364 g/mol. The van der Waals surface area contributed by atoms with Crippen LogP contribution in [-0.4, -0.2) is 52.5 Å². The van der Waals surface area contributed by atoms with Crippen molar-refractivity contribution in [2.75, 3.05) is 31.5 Å². The summed E-state index contributed by atoms with van der Waals surface area (Å²) in [6, 6.07) is 15.8. The summed E-state index contributed by atoms with van der Waals surface area (Å²) in [6.45, 7) is 6.56. The summed E-state index contributed by atoms with van der Waals surface area (Å²) in [5, 5.41) is 4.12. The van der Waals surface area contributed by atoms with E-state index in [4.69, 9.17) is 0 Å². The fraction of sp³-hybridized carbons (Fsp3) is 0.304. The van der Waals surface area contributed by atoms with Gasteiger partial charge in [0.25, 0.3) is 0 Å². The largest absolute Gasteiger partial charge is 0.338 e. The van der Waals surface area contributed by atoms with E-state index in [-0.39, 0.29) is 11.9 Å². The number of aryl methyl sites for hydroxylation is 2. The van der Waals surface area contributed by atoms with Gasteiger partial charge < -0.3 is 19.7 Å². The highest BCUT2D eigenvalue weighted by atomic mass is 16.2. The second kappa shape index (κ2) is 7.99. The van der Waals surface area contributed by atoms with Gasteiger partial charge in [-0.2, -0.15) is 0 Å². The molecule has 0 unspecified atom stereocenters. The molecule has 150 valence electrons. The Bertz CT molecular complexity index is 1050. The molecule has 0 radical (unpaired) electrons. The third-order valence-electron chi connectivity index (χ3n) is 5.48. The van der Waals surface area contributed by atoms with Crippen molar-refractivity contribution < 1.29 is 9.59 Å². The number of piperazine rings is 1. The van der Waals surface area contributed by atoms with Crippen LogP contribution in [0.1, 0.15) is 11.1 Å². The SMILES string of the molecule is Cc1cccc(NC(=O)N2CCN(C(=O)Cn3cc(C)c4ccccc43)CC2)c1. The van der Waals surface area contributed by atoms with Gasteiger partial charge in [0.1, 0.15) is 6.54 Å². The number of para-hydroxylation sites is 1. The number of hydrogen-bond donors (Lipinski definition) is 1. The number of carbonyl (C=O) groups is 2. The highest BCUT2D eigenvalue weighted by Crippen LogP contribution is 2.20. The number of aromatic nitrogens is 1. The summed E-state index contributed by atoms with van der Waals surface area (Å²) in [6.07, 6.45) is 2.04. The number of nitrogens with one attached hydrogen (secondary N) is 1. The number of carbonyl (C=O) groups excluding carboxylic acids is 2. The summed E-state index contributed by atoms with van der Waals surface area (Å²) in [4.78, 5) is 28.9. The maximum absolute atomic E-state index is 12.8. The van der Waals surface area contributed by atoms with E-state index >= 15 is 0 Å². The van der Waals surface area contributed by atoms with E-state index in [1.807, 2.05) is 65.1 Å². The van der Waals surface area contributed by atoms with Crippen LogP contribution in [0.5, 0.6) is 0 Å². The Labute approximate surface area is 170 Å². The molecule has 0 aliphatic carbocycles. The average Bonchev–Trinajstić information content (AvgIpc) is 3.04. The molecule has 1 fully saturated rings. The van der Waals surface area contributed by atoms with Crippen molar-refractivity contribution in [3.8, 4) is 0 Å². The van der Waals surface area contributed by atoms with E-state index in [9.17, 15) is 9.59 Å². The van der Waals surface area contributed by atoms with E-state index in [1.165, 1.54) is 10.9 Å². The van der Waals surface area contributed by atoms with Crippen molar-refractivity contribution >= 4 is 28.5 Å². The zero-order valence-electron chi connectivity index (χ0n) is 16.9. The minimum Gasteiger partial charge on any atom is -0.338 e. The van der Waals surface area contributed by atoms with Crippen molar-refractivity contribution in [2.45, 2.75) is 20.4 Å². The van der Waals surface area contributed by atoms with Crippen LogP contribution in [0.4, 0.5) is 10.5 Å². The maximum Gasteiger partial charge on any atom is 0.321 e. The zero-order valence-corrected chi connectivity index (χ0v) is 16.9. The standard InChI is InChI=1S/C23H26N4O2/c1-17-6-5-7-19(14-17)24-23(29)26-12-10-25(11-13-26)22(28)16-27-15-18(2)20-8-3-4-9-21(20)27/h3-9,14-15H,10-13,16H2,1-2H3,(H,24,29). The summed E-state index contributed by atoms with van der Waals surface area (Å²) in [7, 11) is 0. The second-order valence-corrected chi connectivity index (χ2v) is 7.62. The van der Waals surface area contributed by atoms with Crippen molar-refractivity contribution in [3.05, 3.63) is 65.9 Å². The molecule has 2 heterocycles. The first kappa shape index (κ1) is 19.1. The van der Waals surface area contributed by atoms with Crippen LogP contribution in [0.3, 0.4) is 0 Å². The lowest BCUT2D eigenvalue weighted by Gasteiger charge is -2.34. The fourth-order valence-electron chi connectivity index (χ4n) is 3.89. The lowest BCUT2D eigenvalue weighted by Crippen LogP contribution is -2.52. The van der Waals surface area contributed by atoms with Gasteiger partial charge in [0, 0.05) is 49.0 Å². The van der Waals surface area contributed by atoms with Gasteiger partial charge in [0.05, 0.1) is 0 Å². The van der Waals surface area contributed by atoms with Crippen LogP contribution in [-0.2, 0) is 11.3 Å². The number of nitrogens with zero attached hydrogens (tertiary/aromatic N) is 3. The molecule has 1 aromatic heterocycles. The number of hydrogen-bond acceptors (Lipinski definition) is 2. The number of urea groups is 1. The molecule has 3 aromatic rings. The van der Waals surface area contributed by atoms with E-state index in [0.717, 1.165) is 16.8 Å². The van der Waals surface area contributed by atoms with Gasteiger partial charge in [-0.15, -0.1) is 0 Å². The highest BCUT2D eigenvalue weighted by molar-refractivity contribution is 5.90. The third kappa shape index (κ3) is 4.11. The summed E-state index contributed by atoms with van der Waals surface area (Å²) in [5.74, 6) is 0.0875. The first-order valence-corrected chi connectivity index (χ1v) is 9.96. The van der Waals surface area contributed by atoms with E-state index in [0.29, 0.717) is 32.7 Å². The predicted octanol–water partition coefficient (Wildman–Crippen LogP) is 3.63. The molecule has 29 heavy (non-hydrogen) atoms. The lowest BCUT2D eigenvalue weighted by molar-refractivity contribution is -0.133. The first-order chi connectivity index (χ1) is 14.0. The monoisotopic (exact) mass is 390 g/mol. The molecule has 1 aliphatic rings. The molecule has 3 amide bonds. The quantitative estimate of drug-likeness (QED) is 0.742. The normalized spacial score (nSPS) is 14.3. The highest BCUT2D eigenvalue weighted by Gasteiger charge is 2.24. The number of anilines is 1. The molecule has 0 saturated carbocycles. The first-order valence-electron chi connectivity index (χ1n) is 9.96. The Morgan fingerprint density at radius 1 is 0.931 bits per heavy atom. The molecular formula is C23H26N4O2. The molecule has 1 aliphatic heterocycles. The summed E-state index contributed by atoms with van der Waals surface area (Å²) in [5.41, 5.74) is 4.15. The number of fused-ring (bicyclic) bond motifs is 1. The fourth-order valence-corrected chi connectivity index (χ4v) is 3.89. The Kier molecular flexibility index (Phi) is 5.25. The number of amides is 3. The smallest absolute Gasteiger partial charge is 0.321 e. The van der Waals surface area contributed by atoms with Crippen molar-refractivity contribution in [3.63, 3.8) is 0 Å². The molecule has 1 N–H and O–H groups in total. The Hall–Kier alpha value is -3.28. The molecule has 0 spiro atoms. The summed E-state index contributed by atoms with van der Waals surface area (Å²) >= 11 is 0. The summed E-state index contributed by atoms with van der Waals surface area (Å²) < 4.78 is 2.02. The van der Waals surface area contributed by atoms with Crippen LogP contribution < -0.4 is 5.32 Å². The molecule has 6 heteroatoms. The number of benzene rings is 2. The molecule has 2 aromatic carbocycles. The second-order valence-electron chi connectivity index (χ2n) is 7.62. The maximum atomic E-state index is 12.8. The lowest BCUT2D eigenvalue weighted by atomic mass is 10.2. The predicted molar refractivity (Wildman–Crippen MR) is 115 cm³/mol.